The number of aromatic nitrogens is 6. The zero-order chi connectivity index (χ0) is 25.6. The molecular formula is C27H30F2N8O. The number of piperidine rings is 1. The minimum atomic E-state index is -0.698. The maximum Gasteiger partial charge on any atom is 0.232 e. The number of nitrogens with zero attached hydrogens (tertiary/aromatic N) is 7. The number of hydrogen-bond acceptors (Lipinski definition) is 7. The van der Waals surface area contributed by atoms with Gasteiger partial charge >= 0.3 is 0 Å². The summed E-state index contributed by atoms with van der Waals surface area (Å²) in [6, 6.07) is 4.73. The molecule has 2 saturated heterocycles. The van der Waals surface area contributed by atoms with Crippen molar-refractivity contribution in [1.29, 1.82) is 0 Å². The molecule has 9 nitrogen and oxygen atoms in total. The molecule has 0 unspecified atom stereocenters. The van der Waals surface area contributed by atoms with Gasteiger partial charge in [-0.05, 0) is 57.1 Å². The number of hydrogen-bond donors (Lipinski definition) is 1. The van der Waals surface area contributed by atoms with E-state index in [0.717, 1.165) is 88.2 Å². The lowest BCUT2D eigenvalue weighted by atomic mass is 10.00. The van der Waals surface area contributed by atoms with Crippen LogP contribution >= 0.6 is 0 Å². The highest BCUT2D eigenvalue weighted by molar-refractivity contribution is 5.66. The second-order valence-corrected chi connectivity index (χ2v) is 10.4. The standard InChI is InChI=1S/C27H30F2N8O/c28-21-4-2-5-22(29)24(21)25-32-26-20-3-1-6-23(20)34-37(26)27(33-25)31-17-15-30-36(16-17)19-7-11-35(12-8-19)18-9-13-38-14-10-18/h2,4-5,15-16,18-19H,1,3,6-14H2,(H,31,32,33). The summed E-state index contributed by atoms with van der Waals surface area (Å²) in [6.07, 6.45) is 10.7. The number of likely N-dealkylation sites (tertiary alicyclic amines) is 1. The first kappa shape index (κ1) is 23.7. The summed E-state index contributed by atoms with van der Waals surface area (Å²) >= 11 is 0. The predicted octanol–water partition coefficient (Wildman–Crippen LogP) is 4.31. The Balaban J connectivity index is 1.16. The van der Waals surface area contributed by atoms with Gasteiger partial charge in [0, 0.05) is 44.1 Å². The van der Waals surface area contributed by atoms with E-state index < -0.39 is 11.6 Å². The molecular weight excluding hydrogens is 490 g/mol. The molecule has 2 fully saturated rings. The van der Waals surface area contributed by atoms with Crippen molar-refractivity contribution in [1.82, 2.24) is 34.3 Å². The molecule has 0 atom stereocenters. The van der Waals surface area contributed by atoms with Gasteiger partial charge in [-0.1, -0.05) is 6.07 Å². The maximum absolute atomic E-state index is 14.7. The molecule has 0 radical (unpaired) electrons. The van der Waals surface area contributed by atoms with E-state index >= 15 is 0 Å². The van der Waals surface area contributed by atoms with Gasteiger partial charge in [0.25, 0.3) is 0 Å². The molecule has 2 aliphatic heterocycles. The molecule has 1 aromatic carbocycles. The van der Waals surface area contributed by atoms with E-state index in [1.165, 1.54) is 18.2 Å². The van der Waals surface area contributed by atoms with Crippen LogP contribution in [0.15, 0.2) is 30.6 Å². The fourth-order valence-corrected chi connectivity index (χ4v) is 6.11. The van der Waals surface area contributed by atoms with E-state index in [9.17, 15) is 8.78 Å². The lowest BCUT2D eigenvalue weighted by Crippen LogP contribution is -2.44. The smallest absolute Gasteiger partial charge is 0.232 e. The highest BCUT2D eigenvalue weighted by Gasteiger charge is 2.28. The van der Waals surface area contributed by atoms with Crippen molar-refractivity contribution in [2.45, 2.75) is 57.0 Å². The van der Waals surface area contributed by atoms with Crippen LogP contribution in [0, 0.1) is 11.6 Å². The van der Waals surface area contributed by atoms with E-state index in [1.54, 1.807) is 10.7 Å². The minimum absolute atomic E-state index is 0.00178. The van der Waals surface area contributed by atoms with Crippen LogP contribution in [0.4, 0.5) is 20.4 Å². The fraction of sp³-hybridized carbons (Fsp3) is 0.481. The number of ether oxygens (including phenoxy) is 1. The summed E-state index contributed by atoms with van der Waals surface area (Å²) in [7, 11) is 0. The van der Waals surface area contributed by atoms with Crippen molar-refractivity contribution in [3.63, 3.8) is 0 Å². The number of halogens is 2. The molecule has 198 valence electrons. The van der Waals surface area contributed by atoms with Gasteiger partial charge in [-0.15, -0.1) is 0 Å². The Kier molecular flexibility index (Phi) is 6.04. The number of rotatable bonds is 5. The van der Waals surface area contributed by atoms with Crippen LogP contribution in [-0.4, -0.2) is 66.6 Å². The van der Waals surface area contributed by atoms with Gasteiger partial charge in [0.15, 0.2) is 11.5 Å². The van der Waals surface area contributed by atoms with E-state index in [4.69, 9.17) is 9.84 Å². The summed E-state index contributed by atoms with van der Waals surface area (Å²) in [6.45, 7) is 3.83. The van der Waals surface area contributed by atoms with Crippen molar-refractivity contribution in [3.05, 3.63) is 53.5 Å². The number of benzene rings is 1. The van der Waals surface area contributed by atoms with Crippen molar-refractivity contribution >= 4 is 17.3 Å². The number of fused-ring (bicyclic) bond motifs is 3. The molecule has 4 aromatic rings. The van der Waals surface area contributed by atoms with Crippen molar-refractivity contribution in [3.8, 4) is 11.4 Å². The van der Waals surface area contributed by atoms with Gasteiger partial charge < -0.3 is 15.0 Å². The van der Waals surface area contributed by atoms with Gasteiger partial charge in [-0.25, -0.2) is 13.8 Å². The average molecular weight is 521 g/mol. The molecule has 0 saturated carbocycles. The quantitative estimate of drug-likeness (QED) is 0.420. The number of aryl methyl sites for hydroxylation is 2. The molecule has 5 heterocycles. The Labute approximate surface area is 218 Å². The Morgan fingerprint density at radius 2 is 1.74 bits per heavy atom. The van der Waals surface area contributed by atoms with Crippen LogP contribution in [0.5, 0.6) is 0 Å². The Morgan fingerprint density at radius 3 is 2.53 bits per heavy atom. The van der Waals surface area contributed by atoms with Crippen LogP contribution in [0.2, 0.25) is 0 Å². The van der Waals surface area contributed by atoms with Gasteiger partial charge in [0.2, 0.25) is 5.95 Å². The molecule has 3 aromatic heterocycles. The second kappa shape index (κ2) is 9.70. The average Bonchev–Trinajstić information content (AvgIpc) is 3.67. The van der Waals surface area contributed by atoms with E-state index in [-0.39, 0.29) is 11.4 Å². The summed E-state index contributed by atoms with van der Waals surface area (Å²) in [4.78, 5) is 11.7. The first-order valence-electron chi connectivity index (χ1n) is 13.5. The van der Waals surface area contributed by atoms with E-state index in [2.05, 4.69) is 25.3 Å². The molecule has 0 amide bonds. The molecule has 7 rings (SSSR count). The predicted molar refractivity (Wildman–Crippen MR) is 137 cm³/mol. The molecule has 0 spiro atoms. The number of nitrogens with one attached hydrogen (secondary N) is 1. The first-order valence-corrected chi connectivity index (χ1v) is 13.5. The summed E-state index contributed by atoms with van der Waals surface area (Å²) < 4.78 is 38.5. The van der Waals surface area contributed by atoms with Crippen LogP contribution in [-0.2, 0) is 17.6 Å². The van der Waals surface area contributed by atoms with Crippen molar-refractivity contribution < 1.29 is 13.5 Å². The molecule has 1 N–H and O–H groups in total. The Morgan fingerprint density at radius 1 is 0.947 bits per heavy atom. The zero-order valence-corrected chi connectivity index (χ0v) is 21.1. The highest BCUT2D eigenvalue weighted by atomic mass is 19.1. The fourth-order valence-electron chi connectivity index (χ4n) is 6.11. The largest absolute Gasteiger partial charge is 0.381 e. The van der Waals surface area contributed by atoms with Gasteiger partial charge in [-0.2, -0.15) is 19.7 Å². The summed E-state index contributed by atoms with van der Waals surface area (Å²) in [5.74, 6) is -1.04. The van der Waals surface area contributed by atoms with E-state index in [1.807, 2.05) is 10.9 Å². The van der Waals surface area contributed by atoms with Crippen LogP contribution < -0.4 is 5.32 Å². The SMILES string of the molecule is Fc1cccc(F)c1-c1nc(Nc2cnn(C3CCN(C4CCOCC4)CC3)c2)n2nc3c(c2n1)CCC3. The molecule has 1 aliphatic carbocycles. The van der Waals surface area contributed by atoms with Crippen molar-refractivity contribution in [2.24, 2.45) is 0 Å². The Hall–Kier alpha value is -3.44. The van der Waals surface area contributed by atoms with Crippen LogP contribution in [0.1, 0.15) is 49.4 Å². The molecule has 38 heavy (non-hydrogen) atoms. The topological polar surface area (TPSA) is 85.4 Å². The third kappa shape index (κ3) is 4.23. The van der Waals surface area contributed by atoms with Crippen LogP contribution in [0.25, 0.3) is 17.0 Å². The highest BCUT2D eigenvalue weighted by Crippen LogP contribution is 2.31. The van der Waals surface area contributed by atoms with E-state index in [0.29, 0.717) is 23.7 Å². The first-order chi connectivity index (χ1) is 18.6. The van der Waals surface area contributed by atoms with Gasteiger partial charge in [0.05, 0.1) is 29.2 Å². The summed E-state index contributed by atoms with van der Waals surface area (Å²) in [5.41, 5.74) is 3.06. The lowest BCUT2D eigenvalue weighted by Gasteiger charge is -2.39. The van der Waals surface area contributed by atoms with Crippen LogP contribution in [0.3, 0.4) is 0 Å². The normalized spacial score (nSPS) is 19.3. The third-order valence-corrected chi connectivity index (χ3v) is 8.13. The van der Waals surface area contributed by atoms with Crippen molar-refractivity contribution in [2.75, 3.05) is 31.6 Å². The lowest BCUT2D eigenvalue weighted by molar-refractivity contribution is 0.0212. The molecule has 11 heteroatoms. The molecule has 3 aliphatic rings. The minimum Gasteiger partial charge on any atom is -0.381 e. The monoisotopic (exact) mass is 520 g/mol. The molecule has 0 bridgehead atoms. The van der Waals surface area contributed by atoms with Gasteiger partial charge in [0.1, 0.15) is 11.6 Å². The Bertz CT molecular complexity index is 1450. The second-order valence-electron chi connectivity index (χ2n) is 10.4. The number of anilines is 2. The summed E-state index contributed by atoms with van der Waals surface area (Å²) in [5, 5.41) is 12.7. The third-order valence-electron chi connectivity index (χ3n) is 8.13. The zero-order valence-electron chi connectivity index (χ0n) is 21.1. The maximum atomic E-state index is 14.7. The van der Waals surface area contributed by atoms with Gasteiger partial charge in [-0.3, -0.25) is 4.68 Å².